The van der Waals surface area contributed by atoms with Crippen LogP contribution in [0.3, 0.4) is 0 Å². The number of hydrogen-bond acceptors (Lipinski definition) is 5. The molecule has 0 radical (unpaired) electrons. The molecule has 20 heavy (non-hydrogen) atoms. The molecule has 1 N–H and O–H groups in total. The summed E-state index contributed by atoms with van der Waals surface area (Å²) in [5.74, 6) is -3.94. The molecule has 0 aliphatic heterocycles. The van der Waals surface area contributed by atoms with E-state index in [1.807, 2.05) is 0 Å². The first-order chi connectivity index (χ1) is 9.03. The number of ether oxygens (including phenoxy) is 1. The summed E-state index contributed by atoms with van der Waals surface area (Å²) in [5.41, 5.74) is -4.45. The number of carbonyl (C=O) groups is 1. The smallest absolute Gasteiger partial charge is 0.477 e. The van der Waals surface area contributed by atoms with Crippen molar-refractivity contribution in [2.24, 2.45) is 0 Å². The highest BCUT2D eigenvalue weighted by molar-refractivity contribution is 5.93. The van der Waals surface area contributed by atoms with Gasteiger partial charge in [-0.25, -0.2) is 18.6 Å². The van der Waals surface area contributed by atoms with E-state index in [-0.39, 0.29) is 6.07 Å². The van der Waals surface area contributed by atoms with Crippen LogP contribution in [0, 0.1) is 10.1 Å². The van der Waals surface area contributed by atoms with Gasteiger partial charge in [-0.3, -0.25) is 10.1 Å². The van der Waals surface area contributed by atoms with Gasteiger partial charge in [-0.05, 0) is 6.07 Å². The Morgan fingerprint density at radius 3 is 2.35 bits per heavy atom. The van der Waals surface area contributed by atoms with Crippen molar-refractivity contribution in [3.05, 3.63) is 27.4 Å². The lowest BCUT2D eigenvalue weighted by Crippen LogP contribution is -2.20. The van der Waals surface area contributed by atoms with Gasteiger partial charge in [-0.2, -0.15) is 0 Å². The largest absolute Gasteiger partial charge is 0.574 e. The van der Waals surface area contributed by atoms with E-state index in [1.165, 1.54) is 0 Å². The summed E-state index contributed by atoms with van der Waals surface area (Å²) in [4.78, 5) is 22.4. The first-order valence-electron chi connectivity index (χ1n) is 4.49. The molecule has 0 atom stereocenters. The molecule has 7 nitrogen and oxygen atoms in total. The van der Waals surface area contributed by atoms with Gasteiger partial charge in [0, 0.05) is 0 Å². The van der Waals surface area contributed by atoms with Crippen LogP contribution in [0.1, 0.15) is 22.5 Å². The van der Waals surface area contributed by atoms with Crippen molar-refractivity contribution < 1.29 is 41.5 Å². The number of pyridine rings is 1. The van der Waals surface area contributed by atoms with Crippen LogP contribution >= 0.6 is 0 Å². The van der Waals surface area contributed by atoms with Crippen molar-refractivity contribution in [1.29, 1.82) is 0 Å². The molecule has 1 rings (SSSR count). The van der Waals surface area contributed by atoms with Crippen molar-refractivity contribution >= 4 is 11.7 Å². The first-order valence-corrected chi connectivity index (χ1v) is 4.49. The predicted molar refractivity (Wildman–Crippen MR) is 49.5 cm³/mol. The average Bonchev–Trinajstić information content (AvgIpc) is 2.24. The number of alkyl halides is 5. The zero-order chi connectivity index (χ0) is 15.7. The van der Waals surface area contributed by atoms with E-state index < -0.39 is 46.5 Å². The van der Waals surface area contributed by atoms with Crippen LogP contribution in [-0.2, 0) is 0 Å². The second kappa shape index (κ2) is 5.22. The van der Waals surface area contributed by atoms with Crippen LogP contribution in [0.4, 0.5) is 27.6 Å². The van der Waals surface area contributed by atoms with Crippen LogP contribution in [0.5, 0.6) is 5.88 Å². The van der Waals surface area contributed by atoms with E-state index in [9.17, 15) is 36.9 Å². The van der Waals surface area contributed by atoms with Crippen molar-refractivity contribution in [2.45, 2.75) is 12.8 Å². The van der Waals surface area contributed by atoms with Crippen LogP contribution in [0.15, 0.2) is 6.07 Å². The molecule has 0 spiro atoms. The number of carboxylic acids is 1. The zero-order valence-corrected chi connectivity index (χ0v) is 9.02. The summed E-state index contributed by atoms with van der Waals surface area (Å²) < 4.78 is 64.0. The fourth-order valence-electron chi connectivity index (χ4n) is 1.17. The van der Waals surface area contributed by atoms with Gasteiger partial charge in [0.15, 0.2) is 0 Å². The maximum atomic E-state index is 12.4. The summed E-state index contributed by atoms with van der Waals surface area (Å²) in [7, 11) is 0. The minimum atomic E-state index is -5.46. The number of hydrogen-bond donors (Lipinski definition) is 1. The summed E-state index contributed by atoms with van der Waals surface area (Å²) >= 11 is 0. The first kappa shape index (κ1) is 15.5. The van der Waals surface area contributed by atoms with Crippen molar-refractivity contribution in [3.8, 4) is 5.88 Å². The Kier molecular flexibility index (Phi) is 4.06. The topological polar surface area (TPSA) is 103 Å². The fourth-order valence-corrected chi connectivity index (χ4v) is 1.17. The average molecular weight is 302 g/mol. The van der Waals surface area contributed by atoms with E-state index in [2.05, 4.69) is 9.72 Å². The predicted octanol–water partition coefficient (Wildman–Crippen LogP) is 2.52. The van der Waals surface area contributed by atoms with Crippen LogP contribution < -0.4 is 4.74 Å². The van der Waals surface area contributed by atoms with Crippen LogP contribution in [-0.4, -0.2) is 27.3 Å². The Hall–Kier alpha value is -2.53. The molecule has 0 saturated carbocycles. The van der Waals surface area contributed by atoms with Crippen molar-refractivity contribution in [2.75, 3.05) is 0 Å². The van der Waals surface area contributed by atoms with Crippen LogP contribution in [0.25, 0.3) is 0 Å². The molecular weight excluding hydrogens is 299 g/mol. The lowest BCUT2D eigenvalue weighted by Gasteiger charge is -2.10. The molecule has 1 heterocycles. The van der Waals surface area contributed by atoms with E-state index in [0.717, 1.165) is 0 Å². The lowest BCUT2D eigenvalue weighted by molar-refractivity contribution is -0.389. The van der Waals surface area contributed by atoms with E-state index in [4.69, 9.17) is 5.11 Å². The van der Waals surface area contributed by atoms with Gasteiger partial charge in [0.2, 0.25) is 0 Å². The van der Waals surface area contributed by atoms with Crippen LogP contribution in [0.2, 0.25) is 0 Å². The minimum absolute atomic E-state index is 0.106. The monoisotopic (exact) mass is 302 g/mol. The Labute approximate surface area is 105 Å². The Bertz CT molecular complexity index is 559. The van der Waals surface area contributed by atoms with E-state index >= 15 is 0 Å². The van der Waals surface area contributed by atoms with Gasteiger partial charge < -0.3 is 9.84 Å². The maximum absolute atomic E-state index is 12.4. The Balaban J connectivity index is 3.59. The molecular formula is C8H3F5N2O5. The molecule has 1 aromatic rings. The number of halogens is 5. The molecule has 0 amide bonds. The Morgan fingerprint density at radius 1 is 1.45 bits per heavy atom. The normalized spacial score (nSPS) is 11.5. The van der Waals surface area contributed by atoms with Gasteiger partial charge in [0.1, 0.15) is 11.3 Å². The molecule has 0 bridgehead atoms. The molecule has 0 aromatic carbocycles. The third-order valence-corrected chi connectivity index (χ3v) is 1.83. The lowest BCUT2D eigenvalue weighted by atomic mass is 10.2. The second-order valence-corrected chi connectivity index (χ2v) is 3.16. The number of aromatic nitrogens is 1. The SMILES string of the molecule is O=C(O)c1cc(C(F)F)nc(OC(F)(F)F)c1[N+](=O)[O-]. The second-order valence-electron chi connectivity index (χ2n) is 3.16. The minimum Gasteiger partial charge on any atom is -0.477 e. The fraction of sp³-hybridized carbons (Fsp3) is 0.250. The number of nitro groups is 1. The molecule has 0 aliphatic rings. The molecule has 0 aliphatic carbocycles. The van der Waals surface area contributed by atoms with E-state index in [1.54, 1.807) is 0 Å². The van der Waals surface area contributed by atoms with Gasteiger partial charge in [0.25, 0.3) is 6.43 Å². The van der Waals surface area contributed by atoms with Gasteiger partial charge in [-0.1, -0.05) is 0 Å². The van der Waals surface area contributed by atoms with Gasteiger partial charge >= 0.3 is 23.9 Å². The number of nitrogens with zero attached hydrogens (tertiary/aromatic N) is 2. The zero-order valence-electron chi connectivity index (χ0n) is 9.02. The molecule has 0 fully saturated rings. The number of carboxylic acid groups (broad SMARTS) is 1. The number of rotatable bonds is 4. The van der Waals surface area contributed by atoms with Crippen molar-refractivity contribution in [1.82, 2.24) is 4.98 Å². The molecule has 1 aromatic heterocycles. The highest BCUT2D eigenvalue weighted by Crippen LogP contribution is 2.35. The highest BCUT2D eigenvalue weighted by atomic mass is 19.4. The third kappa shape index (κ3) is 3.49. The quantitative estimate of drug-likeness (QED) is 0.521. The molecule has 110 valence electrons. The molecule has 0 saturated heterocycles. The van der Waals surface area contributed by atoms with Crippen molar-refractivity contribution in [3.63, 3.8) is 0 Å². The summed E-state index contributed by atoms with van der Waals surface area (Å²) in [6.45, 7) is 0. The molecule has 0 unspecified atom stereocenters. The standard InChI is InChI=1S/C8H3F5N2O5/c9-5(10)3-1-2(7(16)17)4(15(18)19)6(14-3)20-8(11,12)13/h1,5H,(H,16,17). The van der Waals surface area contributed by atoms with E-state index in [0.29, 0.717) is 0 Å². The highest BCUT2D eigenvalue weighted by Gasteiger charge is 2.39. The summed E-state index contributed by atoms with van der Waals surface area (Å²) in [6.07, 6.45) is -8.90. The molecule has 12 heteroatoms. The maximum Gasteiger partial charge on any atom is 0.574 e. The number of aromatic carboxylic acids is 1. The van der Waals surface area contributed by atoms with Gasteiger partial charge in [0.05, 0.1) is 4.92 Å². The summed E-state index contributed by atoms with van der Waals surface area (Å²) in [6, 6.07) is 0.106. The summed E-state index contributed by atoms with van der Waals surface area (Å²) in [5, 5.41) is 19.2. The van der Waals surface area contributed by atoms with Gasteiger partial charge in [-0.15, -0.1) is 13.2 Å². The third-order valence-electron chi connectivity index (χ3n) is 1.83. The Morgan fingerprint density at radius 2 is 2.00 bits per heavy atom.